The Kier molecular flexibility index (Phi) is 5.58. The largest absolute Gasteiger partial charge is 0.492 e. The zero-order valence-electron chi connectivity index (χ0n) is 17.6. The van der Waals surface area contributed by atoms with Gasteiger partial charge in [-0.3, -0.25) is 4.79 Å². The number of rotatable bonds is 5. The number of hydrogen-bond acceptors (Lipinski definition) is 5. The van der Waals surface area contributed by atoms with Crippen molar-refractivity contribution >= 4 is 17.8 Å². The lowest BCUT2D eigenvalue weighted by atomic mass is 9.82. The molecule has 2 aromatic rings. The Hall–Kier alpha value is -3.49. The number of aromatic carboxylic acids is 1. The summed E-state index contributed by atoms with van der Waals surface area (Å²) in [7, 11) is 0. The Morgan fingerprint density at radius 3 is 2.72 bits per heavy atom. The number of carbonyl (C=O) groups is 1. The summed E-state index contributed by atoms with van der Waals surface area (Å²) in [6.45, 7) is 1.59. The zero-order chi connectivity index (χ0) is 23.2. The van der Waals surface area contributed by atoms with Crippen molar-refractivity contribution in [3.05, 3.63) is 57.0 Å². The van der Waals surface area contributed by atoms with Crippen molar-refractivity contribution in [3.63, 3.8) is 0 Å². The van der Waals surface area contributed by atoms with Gasteiger partial charge < -0.3 is 20.1 Å². The molecule has 0 unspecified atom stereocenters. The summed E-state index contributed by atoms with van der Waals surface area (Å²) in [5.74, 6) is -0.604. The van der Waals surface area contributed by atoms with E-state index in [-0.39, 0.29) is 17.5 Å². The average Bonchev–Trinajstić information content (AvgIpc) is 3.22. The first kappa shape index (κ1) is 21.7. The lowest BCUT2D eigenvalue weighted by Gasteiger charge is -2.34. The van der Waals surface area contributed by atoms with Crippen LogP contribution in [0.5, 0.6) is 5.75 Å². The second-order valence-electron chi connectivity index (χ2n) is 8.21. The molecule has 4 rings (SSSR count). The molecular weight excluding hydrogens is 420 g/mol. The van der Waals surface area contributed by atoms with Gasteiger partial charge in [-0.15, -0.1) is 0 Å². The minimum absolute atomic E-state index is 0.0931. The van der Waals surface area contributed by atoms with Crippen LogP contribution in [0.3, 0.4) is 0 Å². The molecule has 0 bridgehead atoms. The number of allylic oxidation sites excluding steroid dienone is 1. The second-order valence-corrected chi connectivity index (χ2v) is 8.21. The molecule has 0 saturated heterocycles. The van der Waals surface area contributed by atoms with E-state index in [1.54, 1.807) is 0 Å². The standard InChI is InChI=1S/C23H23F2N3O4/c1-11(2)17-6-12-5-15(13(8-26)9-27-23(24)25)21-14(3-4-32-21)20(12)18-7-19(29)16(22(30)31)10-28(17)18/h5,7-11,17,23H,3-4,6,26H2,1-2H3,(H,30,31)/t17-/m0/s1. The number of ether oxygens (including phenoxy) is 1. The van der Waals surface area contributed by atoms with Gasteiger partial charge in [0.2, 0.25) is 0 Å². The topological polar surface area (TPSA) is 107 Å². The van der Waals surface area contributed by atoms with Crippen LogP contribution in [-0.2, 0) is 12.8 Å². The molecule has 32 heavy (non-hydrogen) atoms. The van der Waals surface area contributed by atoms with Gasteiger partial charge in [-0.1, -0.05) is 13.8 Å². The Morgan fingerprint density at radius 1 is 1.34 bits per heavy atom. The number of halogens is 2. The van der Waals surface area contributed by atoms with Crippen LogP contribution in [0.1, 0.15) is 46.9 Å². The van der Waals surface area contributed by atoms with E-state index in [1.165, 1.54) is 18.5 Å². The number of fused-ring (bicyclic) bond motifs is 5. The number of pyridine rings is 1. The first-order valence-corrected chi connectivity index (χ1v) is 10.3. The first-order chi connectivity index (χ1) is 15.2. The SMILES string of the molecule is CC(C)[C@@H]1Cc2cc(C(C=NC(F)F)=CN)c3c(c2-c2cc(=O)c(C(=O)O)cn21)CCO3. The number of aliphatic imine (C=N–C) groups is 1. The summed E-state index contributed by atoms with van der Waals surface area (Å²) in [5, 5.41) is 9.44. The number of benzene rings is 1. The summed E-state index contributed by atoms with van der Waals surface area (Å²) >= 11 is 0. The fraction of sp³-hybridized carbons (Fsp3) is 0.348. The Bertz CT molecular complexity index is 1210. The van der Waals surface area contributed by atoms with E-state index in [0.29, 0.717) is 42.0 Å². The van der Waals surface area contributed by atoms with Crippen LogP contribution in [-0.4, -0.2) is 35.0 Å². The summed E-state index contributed by atoms with van der Waals surface area (Å²) < 4.78 is 33.0. The third-order valence-corrected chi connectivity index (χ3v) is 6.00. The van der Waals surface area contributed by atoms with Crippen LogP contribution in [0.2, 0.25) is 0 Å². The molecule has 1 atom stereocenters. The molecule has 0 spiro atoms. The quantitative estimate of drug-likeness (QED) is 0.543. The van der Waals surface area contributed by atoms with Gasteiger partial charge in [0.25, 0.3) is 0 Å². The van der Waals surface area contributed by atoms with Crippen molar-refractivity contribution in [2.24, 2.45) is 16.6 Å². The molecule has 9 heteroatoms. The Labute approximate surface area is 182 Å². The van der Waals surface area contributed by atoms with Gasteiger partial charge in [0.15, 0.2) is 5.43 Å². The van der Waals surface area contributed by atoms with Crippen LogP contribution in [0, 0.1) is 5.92 Å². The monoisotopic (exact) mass is 443 g/mol. The van der Waals surface area contributed by atoms with Crippen molar-refractivity contribution in [1.82, 2.24) is 4.57 Å². The minimum atomic E-state index is -2.86. The van der Waals surface area contributed by atoms with E-state index in [2.05, 4.69) is 4.99 Å². The van der Waals surface area contributed by atoms with Crippen LogP contribution >= 0.6 is 0 Å². The van der Waals surface area contributed by atoms with Gasteiger partial charge in [0, 0.05) is 59.4 Å². The minimum Gasteiger partial charge on any atom is -0.492 e. The number of carboxylic acid groups (broad SMARTS) is 1. The van der Waals surface area contributed by atoms with Crippen LogP contribution < -0.4 is 15.9 Å². The van der Waals surface area contributed by atoms with Crippen LogP contribution in [0.25, 0.3) is 16.8 Å². The van der Waals surface area contributed by atoms with E-state index in [0.717, 1.165) is 22.9 Å². The van der Waals surface area contributed by atoms with E-state index >= 15 is 0 Å². The van der Waals surface area contributed by atoms with Crippen LogP contribution in [0.15, 0.2) is 34.3 Å². The molecule has 2 aliphatic rings. The first-order valence-electron chi connectivity index (χ1n) is 10.3. The van der Waals surface area contributed by atoms with Crippen molar-refractivity contribution < 1.29 is 23.4 Å². The lowest BCUT2D eigenvalue weighted by Crippen LogP contribution is -2.28. The maximum atomic E-state index is 12.7. The van der Waals surface area contributed by atoms with Crippen molar-refractivity contribution in [2.75, 3.05) is 6.61 Å². The Morgan fingerprint density at radius 2 is 2.09 bits per heavy atom. The third kappa shape index (κ3) is 3.57. The van der Waals surface area contributed by atoms with E-state index in [9.17, 15) is 23.5 Å². The molecule has 7 nitrogen and oxygen atoms in total. The van der Waals surface area contributed by atoms with Gasteiger partial charge in [0.1, 0.15) is 11.3 Å². The summed E-state index contributed by atoms with van der Waals surface area (Å²) in [4.78, 5) is 27.3. The predicted octanol–water partition coefficient (Wildman–Crippen LogP) is 3.49. The molecule has 0 saturated carbocycles. The molecule has 3 N–H and O–H groups in total. The summed E-state index contributed by atoms with van der Waals surface area (Å²) in [6.07, 6.45) is 4.82. The normalized spacial score (nSPS) is 17.4. The van der Waals surface area contributed by atoms with Gasteiger partial charge >= 0.3 is 12.5 Å². The van der Waals surface area contributed by atoms with E-state index in [1.807, 2.05) is 24.5 Å². The van der Waals surface area contributed by atoms with Gasteiger partial charge in [-0.05, 0) is 24.0 Å². The number of carboxylic acids is 1. The molecule has 0 aliphatic carbocycles. The molecule has 0 fully saturated rings. The van der Waals surface area contributed by atoms with Crippen molar-refractivity contribution in [1.29, 1.82) is 0 Å². The lowest BCUT2D eigenvalue weighted by molar-refractivity contribution is 0.0694. The number of alkyl halides is 2. The fourth-order valence-electron chi connectivity index (χ4n) is 4.54. The van der Waals surface area contributed by atoms with E-state index in [4.69, 9.17) is 10.5 Å². The third-order valence-electron chi connectivity index (χ3n) is 6.00. The fourth-order valence-corrected chi connectivity index (χ4v) is 4.54. The summed E-state index contributed by atoms with van der Waals surface area (Å²) in [5.41, 5.74) is 9.01. The molecule has 0 radical (unpaired) electrons. The highest BCUT2D eigenvalue weighted by atomic mass is 19.3. The maximum Gasteiger partial charge on any atom is 0.341 e. The molecule has 3 heterocycles. The van der Waals surface area contributed by atoms with Gasteiger partial charge in [0.05, 0.1) is 12.3 Å². The molecule has 1 aromatic heterocycles. The van der Waals surface area contributed by atoms with E-state index < -0.39 is 17.9 Å². The molecule has 168 valence electrons. The Balaban J connectivity index is 1.99. The average molecular weight is 443 g/mol. The zero-order valence-corrected chi connectivity index (χ0v) is 17.6. The number of hydrogen-bond donors (Lipinski definition) is 2. The van der Waals surface area contributed by atoms with Gasteiger partial charge in [-0.2, -0.15) is 8.78 Å². The molecule has 0 amide bonds. The highest BCUT2D eigenvalue weighted by Crippen LogP contribution is 2.46. The smallest absolute Gasteiger partial charge is 0.341 e. The van der Waals surface area contributed by atoms with Crippen LogP contribution in [0.4, 0.5) is 8.78 Å². The highest BCUT2D eigenvalue weighted by Gasteiger charge is 2.33. The van der Waals surface area contributed by atoms with Crippen molar-refractivity contribution in [2.45, 2.75) is 39.3 Å². The molecule has 2 aliphatic heterocycles. The van der Waals surface area contributed by atoms with Crippen molar-refractivity contribution in [3.8, 4) is 17.0 Å². The number of nitrogens with zero attached hydrogens (tertiary/aromatic N) is 2. The predicted molar refractivity (Wildman–Crippen MR) is 117 cm³/mol. The highest BCUT2D eigenvalue weighted by molar-refractivity contribution is 6.11. The number of aromatic nitrogens is 1. The molecular formula is C23H23F2N3O4. The maximum absolute atomic E-state index is 12.7. The summed E-state index contributed by atoms with van der Waals surface area (Å²) in [6, 6.07) is 3.13. The molecule has 1 aromatic carbocycles. The van der Waals surface area contributed by atoms with Gasteiger partial charge in [-0.25, -0.2) is 9.79 Å². The number of nitrogens with two attached hydrogens (primary N) is 1. The second kappa shape index (κ2) is 8.22.